The van der Waals surface area contributed by atoms with Crippen LogP contribution in [0.2, 0.25) is 0 Å². The molecule has 1 aromatic carbocycles. The van der Waals surface area contributed by atoms with Crippen LogP contribution in [-0.4, -0.2) is 26.1 Å². The maximum absolute atomic E-state index is 12.5. The minimum Gasteiger partial charge on any atom is -0.493 e. The summed E-state index contributed by atoms with van der Waals surface area (Å²) in [5.74, 6) is 1.47. The van der Waals surface area contributed by atoms with Crippen LogP contribution in [0.1, 0.15) is 10.4 Å². The molecule has 1 aromatic rings. The molecule has 1 heterocycles. The fourth-order valence-corrected chi connectivity index (χ4v) is 2.44. The summed E-state index contributed by atoms with van der Waals surface area (Å²) in [5.41, 5.74) is 0.615. The first-order valence-electron chi connectivity index (χ1n) is 6.06. The highest BCUT2D eigenvalue weighted by molar-refractivity contribution is 6.03. The van der Waals surface area contributed by atoms with E-state index in [1.165, 1.54) is 0 Å². The van der Waals surface area contributed by atoms with Gasteiger partial charge in [0.25, 0.3) is 0 Å². The molecule has 2 atom stereocenters. The van der Waals surface area contributed by atoms with Crippen LogP contribution in [0.4, 0.5) is 0 Å². The molecular weight excluding hydrogens is 244 g/mol. The Kier molecular flexibility index (Phi) is 2.78. The molecule has 1 aliphatic heterocycles. The summed E-state index contributed by atoms with van der Waals surface area (Å²) in [4.78, 5) is 12.5. The molecule has 0 N–H and O–H groups in total. The predicted octanol–water partition coefficient (Wildman–Crippen LogP) is 2.32. The minimum absolute atomic E-state index is 0.0489. The van der Waals surface area contributed by atoms with E-state index in [-0.39, 0.29) is 17.8 Å². The lowest BCUT2D eigenvalue weighted by molar-refractivity contribution is 0.0780. The van der Waals surface area contributed by atoms with E-state index in [0.29, 0.717) is 22.8 Å². The fraction of sp³-hybridized carbons (Fsp3) is 0.267. The first-order chi connectivity index (χ1) is 9.24. The molecule has 19 heavy (non-hydrogen) atoms. The third-order valence-electron chi connectivity index (χ3n) is 3.40. The second kappa shape index (κ2) is 4.46. The van der Waals surface area contributed by atoms with Crippen molar-refractivity contribution in [1.82, 2.24) is 0 Å². The number of Topliss-reactive ketones (excluding diaryl/α,β-unsaturated/α-hetero) is 1. The Morgan fingerprint density at radius 2 is 1.74 bits per heavy atom. The van der Waals surface area contributed by atoms with E-state index in [1.54, 1.807) is 38.5 Å². The molecule has 0 saturated heterocycles. The second-order valence-corrected chi connectivity index (χ2v) is 4.44. The third kappa shape index (κ3) is 1.80. The number of hydrogen-bond acceptors (Lipinski definition) is 4. The van der Waals surface area contributed by atoms with Gasteiger partial charge in [-0.2, -0.15) is 0 Å². The van der Waals surface area contributed by atoms with E-state index >= 15 is 0 Å². The first kappa shape index (κ1) is 11.8. The van der Waals surface area contributed by atoms with Crippen LogP contribution in [0, 0.1) is 5.92 Å². The standard InChI is InChI=1S/C15H14O4/c1-17-13-7-10-12(8-14(13)18-2)19-11-6-4-3-5-9(11)15(10)16/h3-8,10,12H,1-2H3/t10-,12-/m0/s1. The van der Waals surface area contributed by atoms with Crippen molar-refractivity contribution in [3.05, 3.63) is 53.5 Å². The molecule has 0 saturated carbocycles. The smallest absolute Gasteiger partial charge is 0.177 e. The molecule has 4 heteroatoms. The van der Waals surface area contributed by atoms with Gasteiger partial charge in [-0.15, -0.1) is 0 Å². The van der Waals surface area contributed by atoms with Crippen molar-refractivity contribution in [2.45, 2.75) is 6.10 Å². The fourth-order valence-electron chi connectivity index (χ4n) is 2.44. The highest BCUT2D eigenvalue weighted by Crippen LogP contribution is 2.36. The van der Waals surface area contributed by atoms with Crippen LogP contribution in [0.15, 0.2) is 47.9 Å². The Balaban J connectivity index is 2.05. The highest BCUT2D eigenvalue weighted by atomic mass is 16.5. The van der Waals surface area contributed by atoms with Gasteiger partial charge >= 0.3 is 0 Å². The van der Waals surface area contributed by atoms with Crippen LogP contribution < -0.4 is 4.74 Å². The van der Waals surface area contributed by atoms with Crippen LogP contribution in [0.5, 0.6) is 5.75 Å². The van der Waals surface area contributed by atoms with Gasteiger partial charge in [0.15, 0.2) is 17.3 Å². The SMILES string of the molecule is COC1=C[C@@H]2Oc3ccccc3C(=O)[C@H]2C=C1OC. The third-order valence-corrected chi connectivity index (χ3v) is 3.40. The van der Waals surface area contributed by atoms with Crippen molar-refractivity contribution in [2.24, 2.45) is 5.92 Å². The first-order valence-corrected chi connectivity index (χ1v) is 6.06. The number of methoxy groups -OCH3 is 2. The average Bonchev–Trinajstić information content (AvgIpc) is 2.46. The van der Waals surface area contributed by atoms with E-state index in [2.05, 4.69) is 0 Å². The van der Waals surface area contributed by atoms with Crippen LogP contribution in [0.3, 0.4) is 0 Å². The molecule has 0 bridgehead atoms. The maximum Gasteiger partial charge on any atom is 0.177 e. The second-order valence-electron chi connectivity index (χ2n) is 4.44. The Morgan fingerprint density at radius 1 is 1.05 bits per heavy atom. The number of hydrogen-bond donors (Lipinski definition) is 0. The summed E-state index contributed by atoms with van der Waals surface area (Å²) in [6.07, 6.45) is 3.22. The van der Waals surface area contributed by atoms with Gasteiger partial charge in [-0.05, 0) is 18.2 Å². The number of para-hydroxylation sites is 1. The zero-order valence-corrected chi connectivity index (χ0v) is 10.8. The molecule has 3 rings (SSSR count). The maximum atomic E-state index is 12.5. The van der Waals surface area contributed by atoms with Crippen LogP contribution in [0.25, 0.3) is 0 Å². The summed E-state index contributed by atoms with van der Waals surface area (Å²) >= 11 is 0. The number of carbonyl (C=O) groups is 1. The number of carbonyl (C=O) groups excluding carboxylic acids is 1. The molecular formula is C15H14O4. The molecule has 0 spiro atoms. The number of ether oxygens (including phenoxy) is 3. The summed E-state index contributed by atoms with van der Waals surface area (Å²) in [6, 6.07) is 7.27. The van der Waals surface area contributed by atoms with Crippen molar-refractivity contribution in [2.75, 3.05) is 14.2 Å². The van der Waals surface area contributed by atoms with Crippen molar-refractivity contribution < 1.29 is 19.0 Å². The lowest BCUT2D eigenvalue weighted by Gasteiger charge is -2.32. The molecule has 2 aliphatic rings. The zero-order chi connectivity index (χ0) is 13.4. The molecule has 0 unspecified atom stereocenters. The number of ketones is 1. The quantitative estimate of drug-likeness (QED) is 0.816. The van der Waals surface area contributed by atoms with Crippen molar-refractivity contribution in [3.8, 4) is 5.75 Å². The number of fused-ring (bicyclic) bond motifs is 2. The summed E-state index contributed by atoms with van der Waals surface area (Å²) in [6.45, 7) is 0. The number of rotatable bonds is 2. The lowest BCUT2D eigenvalue weighted by atomic mass is 9.85. The van der Waals surface area contributed by atoms with Gasteiger partial charge in [0.1, 0.15) is 11.9 Å². The molecule has 0 aromatic heterocycles. The monoisotopic (exact) mass is 258 g/mol. The van der Waals surface area contributed by atoms with Gasteiger partial charge in [-0.25, -0.2) is 0 Å². The van der Waals surface area contributed by atoms with E-state index in [9.17, 15) is 4.79 Å². The molecule has 98 valence electrons. The van der Waals surface area contributed by atoms with Crippen LogP contribution >= 0.6 is 0 Å². The van der Waals surface area contributed by atoms with Gasteiger partial charge in [-0.1, -0.05) is 12.1 Å². The molecule has 0 amide bonds. The molecule has 4 nitrogen and oxygen atoms in total. The summed E-state index contributed by atoms with van der Waals surface area (Å²) in [7, 11) is 3.12. The predicted molar refractivity (Wildman–Crippen MR) is 68.9 cm³/mol. The van der Waals surface area contributed by atoms with Gasteiger partial charge in [0, 0.05) is 6.08 Å². The summed E-state index contributed by atoms with van der Waals surface area (Å²) < 4.78 is 16.3. The van der Waals surface area contributed by atoms with E-state index in [0.717, 1.165) is 0 Å². The number of benzene rings is 1. The van der Waals surface area contributed by atoms with Crippen molar-refractivity contribution >= 4 is 5.78 Å². The Morgan fingerprint density at radius 3 is 2.47 bits per heavy atom. The van der Waals surface area contributed by atoms with Gasteiger partial charge in [0.2, 0.25) is 0 Å². The van der Waals surface area contributed by atoms with Crippen molar-refractivity contribution in [3.63, 3.8) is 0 Å². The van der Waals surface area contributed by atoms with Crippen LogP contribution in [-0.2, 0) is 9.47 Å². The largest absolute Gasteiger partial charge is 0.493 e. The zero-order valence-electron chi connectivity index (χ0n) is 10.8. The minimum atomic E-state index is -0.358. The normalized spacial score (nSPS) is 24.4. The average molecular weight is 258 g/mol. The summed E-state index contributed by atoms with van der Waals surface area (Å²) in [5, 5.41) is 0. The lowest BCUT2D eigenvalue weighted by Crippen LogP contribution is -2.37. The molecule has 0 radical (unpaired) electrons. The Hall–Kier alpha value is -2.23. The Bertz CT molecular complexity index is 586. The molecule has 1 aliphatic carbocycles. The van der Waals surface area contributed by atoms with Gasteiger partial charge < -0.3 is 14.2 Å². The van der Waals surface area contributed by atoms with Gasteiger partial charge in [-0.3, -0.25) is 4.79 Å². The molecule has 0 fully saturated rings. The highest BCUT2D eigenvalue weighted by Gasteiger charge is 2.38. The Labute approximate surface area is 111 Å². The van der Waals surface area contributed by atoms with Crippen molar-refractivity contribution in [1.29, 1.82) is 0 Å². The van der Waals surface area contributed by atoms with Gasteiger partial charge in [0.05, 0.1) is 25.7 Å². The topological polar surface area (TPSA) is 44.8 Å². The van der Waals surface area contributed by atoms with E-state index in [1.807, 2.05) is 12.1 Å². The van der Waals surface area contributed by atoms with E-state index in [4.69, 9.17) is 14.2 Å². The van der Waals surface area contributed by atoms with E-state index < -0.39 is 0 Å².